The van der Waals surface area contributed by atoms with Gasteiger partial charge in [-0.25, -0.2) is 9.97 Å². The van der Waals surface area contributed by atoms with Gasteiger partial charge in [0.2, 0.25) is 5.95 Å². The molecule has 170 valence electrons. The van der Waals surface area contributed by atoms with Crippen LogP contribution in [-0.4, -0.2) is 41.0 Å². The number of fused-ring (bicyclic) bond motifs is 2. The van der Waals surface area contributed by atoms with E-state index in [4.69, 9.17) is 14.4 Å². The molecule has 0 atom stereocenters. The molecule has 0 bridgehead atoms. The van der Waals surface area contributed by atoms with Gasteiger partial charge in [-0.2, -0.15) is 0 Å². The molecule has 6 heteroatoms. The lowest BCUT2D eigenvalue weighted by molar-refractivity contribution is 0.282. The summed E-state index contributed by atoms with van der Waals surface area (Å²) >= 11 is 0. The van der Waals surface area contributed by atoms with E-state index in [-0.39, 0.29) is 5.43 Å². The zero-order chi connectivity index (χ0) is 23.1. The summed E-state index contributed by atoms with van der Waals surface area (Å²) in [6.45, 7) is 12.4. The zero-order valence-corrected chi connectivity index (χ0v) is 19.8. The van der Waals surface area contributed by atoms with Crippen LogP contribution >= 0.6 is 0 Å². The molecule has 2 aromatic heterocycles. The number of aryl methyl sites for hydroxylation is 4. The summed E-state index contributed by atoms with van der Waals surface area (Å²) in [7, 11) is 0. The monoisotopic (exact) mass is 442 g/mol. The van der Waals surface area contributed by atoms with Crippen molar-refractivity contribution in [3.63, 3.8) is 0 Å². The van der Waals surface area contributed by atoms with Crippen LogP contribution in [0.1, 0.15) is 34.4 Å². The van der Waals surface area contributed by atoms with Gasteiger partial charge in [-0.3, -0.25) is 9.69 Å². The van der Waals surface area contributed by atoms with Crippen molar-refractivity contribution in [2.75, 3.05) is 31.1 Å². The van der Waals surface area contributed by atoms with E-state index in [1.165, 1.54) is 11.1 Å². The average Bonchev–Trinajstić information content (AvgIpc) is 3.03. The van der Waals surface area contributed by atoms with Gasteiger partial charge in [-0.1, -0.05) is 11.6 Å². The number of aromatic nitrogens is 2. The van der Waals surface area contributed by atoms with E-state index in [9.17, 15) is 4.79 Å². The third kappa shape index (κ3) is 4.23. The van der Waals surface area contributed by atoms with E-state index in [1.54, 1.807) is 6.26 Å². The van der Waals surface area contributed by atoms with Gasteiger partial charge in [0, 0.05) is 43.7 Å². The molecular formula is C27H30N4O2. The molecule has 0 aliphatic carbocycles. The van der Waals surface area contributed by atoms with Gasteiger partial charge in [0.15, 0.2) is 5.43 Å². The van der Waals surface area contributed by atoms with Crippen LogP contribution in [0.5, 0.6) is 0 Å². The molecule has 4 aromatic rings. The standard InChI is InChI=1S/C27H30N4O2/c1-17-6-7-25-23(12-17)26(32)21(16-33-25)15-30-8-5-9-31(11-10-30)27-28-20(4)22-13-18(2)19(3)14-24(22)29-27/h6-7,12-14,16H,5,8-11,15H2,1-4H3. The van der Waals surface area contributed by atoms with Crippen molar-refractivity contribution in [2.45, 2.75) is 40.7 Å². The summed E-state index contributed by atoms with van der Waals surface area (Å²) in [4.78, 5) is 27.4. The summed E-state index contributed by atoms with van der Waals surface area (Å²) in [6, 6.07) is 10.1. The first-order valence-electron chi connectivity index (χ1n) is 11.6. The number of anilines is 1. The average molecular weight is 443 g/mol. The molecule has 0 spiro atoms. The summed E-state index contributed by atoms with van der Waals surface area (Å²) in [5.74, 6) is 0.797. The molecule has 0 N–H and O–H groups in total. The van der Waals surface area contributed by atoms with Crippen molar-refractivity contribution in [3.8, 4) is 0 Å². The van der Waals surface area contributed by atoms with Crippen molar-refractivity contribution < 1.29 is 4.42 Å². The molecular weight excluding hydrogens is 412 g/mol. The second kappa shape index (κ2) is 8.60. The Kier molecular flexibility index (Phi) is 5.62. The molecule has 1 saturated heterocycles. The largest absolute Gasteiger partial charge is 0.464 e. The van der Waals surface area contributed by atoms with E-state index < -0.39 is 0 Å². The van der Waals surface area contributed by atoms with Gasteiger partial charge in [-0.15, -0.1) is 0 Å². The molecule has 2 aromatic carbocycles. The van der Waals surface area contributed by atoms with Gasteiger partial charge < -0.3 is 9.32 Å². The predicted molar refractivity (Wildman–Crippen MR) is 133 cm³/mol. The van der Waals surface area contributed by atoms with Crippen molar-refractivity contribution >= 4 is 27.8 Å². The Bertz CT molecular complexity index is 1410. The number of nitrogens with zero attached hydrogens (tertiary/aromatic N) is 4. The SMILES string of the molecule is Cc1ccc2occ(CN3CCCN(c4nc(C)c5cc(C)c(C)cc5n4)CC3)c(=O)c2c1. The summed E-state index contributed by atoms with van der Waals surface area (Å²) in [6.07, 6.45) is 2.62. The third-order valence-corrected chi connectivity index (χ3v) is 6.75. The minimum Gasteiger partial charge on any atom is -0.464 e. The quantitative estimate of drug-likeness (QED) is 0.459. The smallest absolute Gasteiger partial charge is 0.226 e. The summed E-state index contributed by atoms with van der Waals surface area (Å²) in [5.41, 5.74) is 7.03. The van der Waals surface area contributed by atoms with Crippen LogP contribution in [0.15, 0.2) is 45.8 Å². The molecule has 1 fully saturated rings. The van der Waals surface area contributed by atoms with E-state index in [1.807, 2.05) is 25.1 Å². The van der Waals surface area contributed by atoms with Crippen molar-refractivity contribution in [3.05, 3.63) is 74.8 Å². The fourth-order valence-corrected chi connectivity index (χ4v) is 4.63. The number of rotatable bonds is 3. The molecule has 1 aliphatic rings. The fourth-order valence-electron chi connectivity index (χ4n) is 4.63. The highest BCUT2D eigenvalue weighted by molar-refractivity contribution is 5.83. The summed E-state index contributed by atoms with van der Waals surface area (Å²) < 4.78 is 5.76. The minimum atomic E-state index is 0.0696. The first kappa shape index (κ1) is 21.6. The van der Waals surface area contributed by atoms with Gasteiger partial charge in [0.1, 0.15) is 5.58 Å². The van der Waals surface area contributed by atoms with Crippen LogP contribution in [0.2, 0.25) is 0 Å². The zero-order valence-electron chi connectivity index (χ0n) is 19.8. The maximum Gasteiger partial charge on any atom is 0.226 e. The Morgan fingerprint density at radius 2 is 1.73 bits per heavy atom. The molecule has 3 heterocycles. The van der Waals surface area contributed by atoms with Crippen molar-refractivity contribution in [2.24, 2.45) is 0 Å². The molecule has 6 nitrogen and oxygen atoms in total. The second-order valence-electron chi connectivity index (χ2n) is 9.27. The highest BCUT2D eigenvalue weighted by atomic mass is 16.3. The lowest BCUT2D eigenvalue weighted by atomic mass is 10.1. The lowest BCUT2D eigenvalue weighted by Crippen LogP contribution is -2.32. The molecule has 0 saturated carbocycles. The Hall–Kier alpha value is -3.25. The normalized spacial score (nSPS) is 15.3. The number of benzene rings is 2. The van der Waals surface area contributed by atoms with Crippen LogP contribution in [0.25, 0.3) is 21.9 Å². The number of hydrogen-bond donors (Lipinski definition) is 0. The highest BCUT2D eigenvalue weighted by Crippen LogP contribution is 2.23. The fraction of sp³-hybridized carbons (Fsp3) is 0.370. The molecule has 0 unspecified atom stereocenters. The van der Waals surface area contributed by atoms with Crippen LogP contribution in [0, 0.1) is 27.7 Å². The summed E-state index contributed by atoms with van der Waals surface area (Å²) in [5, 5.41) is 1.78. The lowest BCUT2D eigenvalue weighted by Gasteiger charge is -2.22. The molecule has 5 rings (SSSR count). The third-order valence-electron chi connectivity index (χ3n) is 6.75. The van der Waals surface area contributed by atoms with E-state index >= 15 is 0 Å². The van der Waals surface area contributed by atoms with Gasteiger partial charge >= 0.3 is 0 Å². The van der Waals surface area contributed by atoms with E-state index in [0.29, 0.717) is 23.1 Å². The van der Waals surface area contributed by atoms with Gasteiger partial charge in [0.05, 0.1) is 22.9 Å². The Morgan fingerprint density at radius 3 is 2.58 bits per heavy atom. The van der Waals surface area contributed by atoms with Crippen molar-refractivity contribution in [1.29, 1.82) is 0 Å². The number of hydrogen-bond acceptors (Lipinski definition) is 6. The predicted octanol–water partition coefficient (Wildman–Crippen LogP) is 4.68. The molecule has 0 radical (unpaired) electrons. The Labute approximate surface area is 193 Å². The second-order valence-corrected chi connectivity index (χ2v) is 9.27. The molecule has 1 aliphatic heterocycles. The van der Waals surface area contributed by atoms with Crippen molar-refractivity contribution in [1.82, 2.24) is 14.9 Å². The van der Waals surface area contributed by atoms with Gasteiger partial charge in [0.25, 0.3) is 0 Å². The van der Waals surface area contributed by atoms with Crippen LogP contribution in [-0.2, 0) is 6.54 Å². The molecule has 0 amide bonds. The van der Waals surface area contributed by atoms with E-state index in [2.05, 4.69) is 42.7 Å². The van der Waals surface area contributed by atoms with Crippen LogP contribution < -0.4 is 10.3 Å². The Morgan fingerprint density at radius 1 is 0.909 bits per heavy atom. The van der Waals surface area contributed by atoms with Crippen LogP contribution in [0.4, 0.5) is 5.95 Å². The maximum atomic E-state index is 13.0. The Balaban J connectivity index is 1.35. The maximum absolute atomic E-state index is 13.0. The first-order chi connectivity index (χ1) is 15.9. The van der Waals surface area contributed by atoms with Crippen LogP contribution in [0.3, 0.4) is 0 Å². The van der Waals surface area contributed by atoms with Gasteiger partial charge in [-0.05, 0) is 69.5 Å². The minimum absolute atomic E-state index is 0.0696. The molecule has 33 heavy (non-hydrogen) atoms. The topological polar surface area (TPSA) is 62.5 Å². The first-order valence-corrected chi connectivity index (χ1v) is 11.6. The van der Waals surface area contributed by atoms with E-state index in [0.717, 1.165) is 60.7 Å². The highest BCUT2D eigenvalue weighted by Gasteiger charge is 2.20.